The number of rotatable bonds is 3. The molecule has 11 heteroatoms. The predicted molar refractivity (Wildman–Crippen MR) is 83.8 cm³/mol. The fourth-order valence-corrected chi connectivity index (χ4v) is 6.19. The van der Waals surface area contributed by atoms with E-state index in [9.17, 15) is 35.9 Å². The molecule has 0 heterocycles. The minimum absolute atomic E-state index is 0.0170. The molecule has 0 aliphatic heterocycles. The Balaban J connectivity index is 1.72. The maximum atomic E-state index is 14.2. The van der Waals surface area contributed by atoms with Crippen LogP contribution >= 0.6 is 0 Å². The topological polar surface area (TPSA) is 101 Å². The molecule has 4 aliphatic rings. The van der Waals surface area contributed by atoms with Crippen LogP contribution < -0.4 is 4.74 Å². The quantitative estimate of drug-likeness (QED) is 0.254. The zero-order chi connectivity index (χ0) is 20.6. The second-order valence-corrected chi connectivity index (χ2v) is 9.60. The van der Waals surface area contributed by atoms with Gasteiger partial charge in [-0.05, 0) is 50.4 Å². The fraction of sp³-hybridized carbons (Fsp3) is 0.588. The average Bonchev–Trinajstić information content (AvgIpc) is 2.53. The van der Waals surface area contributed by atoms with Crippen LogP contribution in [0.3, 0.4) is 0 Å². The molecule has 4 bridgehead atoms. The molecule has 0 aromatic heterocycles. The van der Waals surface area contributed by atoms with Crippen molar-refractivity contribution in [3.05, 3.63) is 23.3 Å². The van der Waals surface area contributed by atoms with Gasteiger partial charge in [-0.1, -0.05) is 0 Å². The van der Waals surface area contributed by atoms with Crippen LogP contribution in [0.1, 0.15) is 38.5 Å². The van der Waals surface area contributed by atoms with Crippen LogP contribution in [0.5, 0.6) is 5.75 Å². The van der Waals surface area contributed by atoms with Gasteiger partial charge in [0, 0.05) is 0 Å². The molecule has 4 saturated carbocycles. The van der Waals surface area contributed by atoms with Crippen molar-refractivity contribution in [3.8, 4) is 5.75 Å². The lowest BCUT2D eigenvalue weighted by Gasteiger charge is -2.58. The van der Waals surface area contributed by atoms with Crippen LogP contribution in [0.2, 0.25) is 0 Å². The van der Waals surface area contributed by atoms with Gasteiger partial charge in [0.05, 0.1) is 11.0 Å². The van der Waals surface area contributed by atoms with E-state index < -0.39 is 61.0 Å². The average molecular weight is 424 g/mol. The Bertz CT molecular complexity index is 949. The van der Waals surface area contributed by atoms with Crippen molar-refractivity contribution in [1.29, 1.82) is 0 Å². The maximum Gasteiger partial charge on any atom is 0.317 e. The normalized spacial score (nSPS) is 33.9. The largest absolute Gasteiger partial charge is 0.420 e. The minimum atomic E-state index is -5.60. The van der Waals surface area contributed by atoms with Gasteiger partial charge in [0.25, 0.3) is 0 Å². The molecule has 0 radical (unpaired) electrons. The van der Waals surface area contributed by atoms with Crippen molar-refractivity contribution in [2.75, 3.05) is 0 Å². The highest BCUT2D eigenvalue weighted by Gasteiger charge is 2.61. The molecule has 28 heavy (non-hydrogen) atoms. The summed E-state index contributed by atoms with van der Waals surface area (Å²) in [4.78, 5) is 10.5. The maximum absolute atomic E-state index is 14.2. The number of hydrogen-bond donors (Lipinski definition) is 2. The van der Waals surface area contributed by atoms with E-state index in [0.29, 0.717) is 25.7 Å². The fourth-order valence-electron chi connectivity index (χ4n) is 5.56. The lowest BCUT2D eigenvalue weighted by molar-refractivity contribution is -0.189. The monoisotopic (exact) mass is 424 g/mol. The Morgan fingerprint density at radius 1 is 0.964 bits per heavy atom. The van der Waals surface area contributed by atoms with Gasteiger partial charge in [-0.3, -0.25) is 9.35 Å². The second-order valence-electron chi connectivity index (χ2n) is 8.24. The first-order chi connectivity index (χ1) is 12.9. The molecule has 2 unspecified atom stereocenters. The highest BCUT2D eigenvalue weighted by Crippen LogP contribution is 2.62. The van der Waals surface area contributed by atoms with Crippen LogP contribution in [0.4, 0.5) is 17.6 Å². The number of esters is 1. The summed E-state index contributed by atoms with van der Waals surface area (Å²) < 4.78 is 91.6. The third kappa shape index (κ3) is 2.82. The number of carbonyl (C=O) groups is 1. The van der Waals surface area contributed by atoms with Crippen molar-refractivity contribution in [3.63, 3.8) is 0 Å². The molecule has 154 valence electrons. The predicted octanol–water partition coefficient (Wildman–Crippen LogP) is 2.73. The summed E-state index contributed by atoms with van der Waals surface area (Å²) >= 11 is 0. The molecule has 0 spiro atoms. The lowest BCUT2D eigenvalue weighted by atomic mass is 9.48. The summed E-state index contributed by atoms with van der Waals surface area (Å²) in [6, 6.07) is 0. The minimum Gasteiger partial charge on any atom is -0.420 e. The van der Waals surface area contributed by atoms with E-state index in [-0.39, 0.29) is 18.3 Å². The van der Waals surface area contributed by atoms with Crippen LogP contribution in [0.15, 0.2) is 4.90 Å². The summed E-state index contributed by atoms with van der Waals surface area (Å²) in [5.74, 6) is -12.1. The van der Waals surface area contributed by atoms with E-state index in [4.69, 9.17) is 4.55 Å². The molecular formula is C17H16F4O6S. The number of hydrogen-bond acceptors (Lipinski definition) is 5. The summed E-state index contributed by atoms with van der Waals surface area (Å²) in [5.41, 5.74) is -2.32. The number of aliphatic hydroxyl groups is 1. The van der Waals surface area contributed by atoms with Gasteiger partial charge in [0.2, 0.25) is 17.4 Å². The summed E-state index contributed by atoms with van der Waals surface area (Å²) in [6.45, 7) is 0. The first kappa shape index (κ1) is 19.6. The lowest BCUT2D eigenvalue weighted by Crippen LogP contribution is -2.59. The first-order valence-electron chi connectivity index (χ1n) is 8.63. The van der Waals surface area contributed by atoms with Crippen molar-refractivity contribution in [1.82, 2.24) is 0 Å². The van der Waals surface area contributed by atoms with Gasteiger partial charge in [-0.25, -0.2) is 8.78 Å². The van der Waals surface area contributed by atoms with E-state index in [2.05, 4.69) is 4.74 Å². The molecular weight excluding hydrogens is 408 g/mol. The summed E-state index contributed by atoms with van der Waals surface area (Å²) in [7, 11) is -5.60. The van der Waals surface area contributed by atoms with Crippen LogP contribution in [-0.2, 0) is 14.9 Å². The third-order valence-corrected chi connectivity index (χ3v) is 6.97. The zero-order valence-corrected chi connectivity index (χ0v) is 15.2. The Kier molecular flexibility index (Phi) is 4.12. The Morgan fingerprint density at radius 3 is 1.89 bits per heavy atom. The van der Waals surface area contributed by atoms with Crippen LogP contribution in [0, 0.1) is 40.5 Å². The van der Waals surface area contributed by atoms with E-state index >= 15 is 0 Å². The van der Waals surface area contributed by atoms with Gasteiger partial charge >= 0.3 is 16.1 Å². The number of benzene rings is 1. The molecule has 1 aromatic carbocycles. The standard InChI is InChI=1S/C17H16F4O6S/c18-9-11(20)14(28(24,25)26)12(21)10(19)13(9)27-15(22)16-2-7-1-8(3-16)5-17(23,4-7)6-16/h7-8,23H,1-6H2,(H,24,25,26). The molecule has 0 amide bonds. The van der Waals surface area contributed by atoms with Crippen LogP contribution in [-0.4, -0.2) is 29.6 Å². The molecule has 1 aromatic rings. The Hall–Kier alpha value is -1.72. The van der Waals surface area contributed by atoms with Crippen molar-refractivity contribution in [2.45, 2.75) is 49.0 Å². The molecule has 4 aliphatic carbocycles. The van der Waals surface area contributed by atoms with Gasteiger partial charge in [0.1, 0.15) is 0 Å². The molecule has 0 saturated heterocycles. The van der Waals surface area contributed by atoms with Gasteiger partial charge in [-0.2, -0.15) is 17.2 Å². The molecule has 5 rings (SSSR count). The summed E-state index contributed by atoms with van der Waals surface area (Å²) in [5, 5.41) is 10.6. The van der Waals surface area contributed by atoms with Gasteiger partial charge in [0.15, 0.2) is 16.5 Å². The highest BCUT2D eigenvalue weighted by molar-refractivity contribution is 7.85. The van der Waals surface area contributed by atoms with E-state index in [1.807, 2.05) is 0 Å². The van der Waals surface area contributed by atoms with Gasteiger partial charge < -0.3 is 9.84 Å². The van der Waals surface area contributed by atoms with E-state index in [1.54, 1.807) is 0 Å². The molecule has 4 fully saturated rings. The Labute approximate surface area is 157 Å². The Morgan fingerprint density at radius 2 is 1.46 bits per heavy atom. The SMILES string of the molecule is O=C(Oc1c(F)c(F)c(S(=O)(=O)O)c(F)c1F)C12CC3CC(CC(O)(C3)C1)C2. The third-order valence-electron chi connectivity index (χ3n) is 6.10. The van der Waals surface area contributed by atoms with E-state index in [0.717, 1.165) is 6.42 Å². The first-order valence-corrected chi connectivity index (χ1v) is 10.1. The van der Waals surface area contributed by atoms with Crippen molar-refractivity contribution < 1.29 is 45.2 Å². The summed E-state index contributed by atoms with van der Waals surface area (Å²) in [6.07, 6.45) is 2.49. The smallest absolute Gasteiger partial charge is 0.317 e. The molecule has 2 N–H and O–H groups in total. The number of ether oxygens (including phenoxy) is 1. The number of carbonyl (C=O) groups excluding carboxylic acids is 1. The second kappa shape index (κ2) is 5.90. The zero-order valence-electron chi connectivity index (χ0n) is 14.3. The molecule has 6 nitrogen and oxygen atoms in total. The van der Waals surface area contributed by atoms with Crippen LogP contribution in [0.25, 0.3) is 0 Å². The van der Waals surface area contributed by atoms with E-state index in [1.165, 1.54) is 0 Å². The number of halogens is 4. The van der Waals surface area contributed by atoms with Crippen molar-refractivity contribution in [2.24, 2.45) is 17.3 Å². The highest BCUT2D eigenvalue weighted by atomic mass is 32.2. The molecule has 2 atom stereocenters. The van der Waals surface area contributed by atoms with Crippen molar-refractivity contribution >= 4 is 16.1 Å². The van der Waals surface area contributed by atoms with Gasteiger partial charge in [-0.15, -0.1) is 0 Å².